The van der Waals surface area contributed by atoms with Crippen molar-refractivity contribution < 1.29 is 28.8 Å². The summed E-state index contributed by atoms with van der Waals surface area (Å²) in [7, 11) is 3.11. The lowest BCUT2D eigenvalue weighted by molar-refractivity contribution is -0.137. The first-order valence-corrected chi connectivity index (χ1v) is 9.62. The second-order valence-corrected chi connectivity index (χ2v) is 6.71. The largest absolute Gasteiger partial charge is 0.504 e. The van der Waals surface area contributed by atoms with Gasteiger partial charge in [-0.05, 0) is 54.8 Å². The summed E-state index contributed by atoms with van der Waals surface area (Å²) in [6.45, 7) is 4.20. The quantitative estimate of drug-likeness (QED) is 0.542. The van der Waals surface area contributed by atoms with Gasteiger partial charge in [-0.1, -0.05) is 13.0 Å². The molecule has 1 heterocycles. The van der Waals surface area contributed by atoms with Gasteiger partial charge in [-0.2, -0.15) is 0 Å². The van der Waals surface area contributed by atoms with E-state index in [1.165, 1.54) is 13.2 Å². The van der Waals surface area contributed by atoms with Crippen LogP contribution in [0.4, 0.5) is 0 Å². The molecule has 0 spiro atoms. The number of methoxy groups -OCH3 is 2. The summed E-state index contributed by atoms with van der Waals surface area (Å²) in [5, 5.41) is 9.90. The first-order valence-electron chi connectivity index (χ1n) is 9.62. The highest BCUT2D eigenvalue weighted by molar-refractivity contribution is 5.87. The van der Waals surface area contributed by atoms with Crippen LogP contribution in [-0.2, 0) is 9.53 Å². The van der Waals surface area contributed by atoms with E-state index in [1.807, 2.05) is 18.2 Å². The Balaban J connectivity index is 1.98. The zero-order valence-electron chi connectivity index (χ0n) is 17.1. The molecular formula is C23H26O6. The fourth-order valence-electron chi connectivity index (χ4n) is 3.63. The number of fused-ring (bicyclic) bond motifs is 1. The predicted octanol–water partition coefficient (Wildman–Crippen LogP) is 4.61. The number of carbonyl (C=O) groups is 1. The maximum atomic E-state index is 11.7. The molecule has 2 aromatic rings. The van der Waals surface area contributed by atoms with E-state index in [9.17, 15) is 9.90 Å². The van der Waals surface area contributed by atoms with Crippen molar-refractivity contribution >= 4 is 12.0 Å². The summed E-state index contributed by atoms with van der Waals surface area (Å²) < 4.78 is 22.0. The standard InChI is InChI=1S/C23H26O6/c1-5-16-17-11-14(7-10-21(25)28-6-2)12-20(27-4)23(17)29-22(16)15-8-9-18(24)19(13-15)26-3/h7-13,16,22,24H,5-6H2,1-4H3. The van der Waals surface area contributed by atoms with Crippen molar-refractivity contribution in [3.05, 3.63) is 53.1 Å². The lowest BCUT2D eigenvalue weighted by Crippen LogP contribution is -2.09. The van der Waals surface area contributed by atoms with Crippen LogP contribution in [0.3, 0.4) is 0 Å². The monoisotopic (exact) mass is 398 g/mol. The Kier molecular flexibility index (Phi) is 6.32. The van der Waals surface area contributed by atoms with E-state index in [0.29, 0.717) is 23.9 Å². The molecule has 6 heteroatoms. The SMILES string of the molecule is CCOC(=O)C=Cc1cc(OC)c2c(c1)C(CC)C(c1ccc(O)c(OC)c1)O2. The summed E-state index contributed by atoms with van der Waals surface area (Å²) in [4.78, 5) is 11.7. The smallest absolute Gasteiger partial charge is 0.330 e. The Hall–Kier alpha value is -3.15. The first-order chi connectivity index (χ1) is 14.0. The van der Waals surface area contributed by atoms with Gasteiger partial charge in [0.25, 0.3) is 0 Å². The maximum Gasteiger partial charge on any atom is 0.330 e. The Morgan fingerprint density at radius 1 is 1.14 bits per heavy atom. The summed E-state index contributed by atoms with van der Waals surface area (Å²) in [5.74, 6) is 1.50. The number of rotatable bonds is 7. The van der Waals surface area contributed by atoms with Gasteiger partial charge in [0.1, 0.15) is 6.10 Å². The Morgan fingerprint density at radius 3 is 2.55 bits per heavy atom. The van der Waals surface area contributed by atoms with E-state index in [0.717, 1.165) is 23.1 Å². The molecule has 0 aromatic heterocycles. The zero-order valence-corrected chi connectivity index (χ0v) is 17.1. The molecule has 0 radical (unpaired) electrons. The molecule has 1 N–H and O–H groups in total. The molecule has 2 aromatic carbocycles. The number of phenols is 1. The molecule has 0 fully saturated rings. The molecule has 1 aliphatic heterocycles. The van der Waals surface area contributed by atoms with Crippen molar-refractivity contribution in [3.8, 4) is 23.0 Å². The van der Waals surface area contributed by atoms with Gasteiger partial charge >= 0.3 is 5.97 Å². The Morgan fingerprint density at radius 2 is 1.90 bits per heavy atom. The van der Waals surface area contributed by atoms with Crippen molar-refractivity contribution in [3.63, 3.8) is 0 Å². The number of carbonyl (C=O) groups excluding carboxylic acids is 1. The lowest BCUT2D eigenvalue weighted by atomic mass is 9.88. The van der Waals surface area contributed by atoms with Crippen LogP contribution in [0.25, 0.3) is 6.08 Å². The summed E-state index contributed by atoms with van der Waals surface area (Å²) in [5.41, 5.74) is 2.76. The van der Waals surface area contributed by atoms with Gasteiger partial charge in [0.05, 0.1) is 20.8 Å². The zero-order chi connectivity index (χ0) is 21.0. The molecule has 2 atom stereocenters. The lowest BCUT2D eigenvalue weighted by Gasteiger charge is -2.19. The predicted molar refractivity (Wildman–Crippen MR) is 110 cm³/mol. The topological polar surface area (TPSA) is 74.2 Å². The second-order valence-electron chi connectivity index (χ2n) is 6.71. The van der Waals surface area contributed by atoms with E-state index < -0.39 is 0 Å². The molecule has 29 heavy (non-hydrogen) atoms. The van der Waals surface area contributed by atoms with Crippen LogP contribution in [0.2, 0.25) is 0 Å². The number of esters is 1. The molecule has 2 unspecified atom stereocenters. The number of hydrogen-bond donors (Lipinski definition) is 1. The summed E-state index contributed by atoms with van der Waals surface area (Å²) in [6, 6.07) is 9.09. The van der Waals surface area contributed by atoms with Gasteiger partial charge in [0.2, 0.25) is 0 Å². The van der Waals surface area contributed by atoms with E-state index in [1.54, 1.807) is 32.2 Å². The average Bonchev–Trinajstić information content (AvgIpc) is 3.10. The molecule has 1 aliphatic rings. The van der Waals surface area contributed by atoms with Crippen LogP contribution >= 0.6 is 0 Å². The molecule has 0 saturated heterocycles. The first kappa shape index (κ1) is 20.6. The molecule has 0 saturated carbocycles. The van der Waals surface area contributed by atoms with E-state index >= 15 is 0 Å². The summed E-state index contributed by atoms with van der Waals surface area (Å²) in [6.07, 6.45) is 3.73. The van der Waals surface area contributed by atoms with Crippen LogP contribution < -0.4 is 14.2 Å². The maximum absolute atomic E-state index is 11.7. The fraction of sp³-hybridized carbons (Fsp3) is 0.348. The minimum absolute atomic E-state index is 0.0868. The minimum Gasteiger partial charge on any atom is -0.504 e. The number of ether oxygens (including phenoxy) is 4. The van der Waals surface area contributed by atoms with Crippen LogP contribution in [0.1, 0.15) is 49.0 Å². The molecule has 0 aliphatic carbocycles. The van der Waals surface area contributed by atoms with Crippen molar-refractivity contribution in [2.24, 2.45) is 0 Å². The number of aromatic hydroxyl groups is 1. The highest BCUT2D eigenvalue weighted by atomic mass is 16.5. The minimum atomic E-state index is -0.385. The third-order valence-electron chi connectivity index (χ3n) is 5.01. The average molecular weight is 398 g/mol. The normalized spacial score (nSPS) is 17.7. The molecular weight excluding hydrogens is 372 g/mol. The number of benzene rings is 2. The van der Waals surface area contributed by atoms with Crippen LogP contribution in [-0.4, -0.2) is 31.9 Å². The summed E-state index contributed by atoms with van der Waals surface area (Å²) >= 11 is 0. The van der Waals surface area contributed by atoms with Crippen LogP contribution in [0, 0.1) is 0 Å². The van der Waals surface area contributed by atoms with Crippen molar-refractivity contribution in [2.45, 2.75) is 32.3 Å². The van der Waals surface area contributed by atoms with Gasteiger partial charge < -0.3 is 24.1 Å². The highest BCUT2D eigenvalue weighted by Crippen LogP contribution is 2.52. The Labute approximate surface area is 170 Å². The molecule has 0 bridgehead atoms. The van der Waals surface area contributed by atoms with Crippen LogP contribution in [0.15, 0.2) is 36.4 Å². The van der Waals surface area contributed by atoms with Gasteiger partial charge in [-0.3, -0.25) is 0 Å². The number of phenolic OH excluding ortho intramolecular Hbond substituents is 1. The van der Waals surface area contributed by atoms with Gasteiger partial charge in [-0.15, -0.1) is 0 Å². The molecule has 3 rings (SSSR count). The van der Waals surface area contributed by atoms with Crippen molar-refractivity contribution in [1.29, 1.82) is 0 Å². The third-order valence-corrected chi connectivity index (χ3v) is 5.01. The fourth-order valence-corrected chi connectivity index (χ4v) is 3.63. The third kappa shape index (κ3) is 4.16. The molecule has 6 nitrogen and oxygen atoms in total. The highest BCUT2D eigenvalue weighted by Gasteiger charge is 2.37. The molecule has 0 amide bonds. The van der Waals surface area contributed by atoms with Gasteiger partial charge in [0, 0.05) is 17.6 Å². The van der Waals surface area contributed by atoms with Gasteiger partial charge in [0.15, 0.2) is 23.0 Å². The van der Waals surface area contributed by atoms with Crippen LogP contribution in [0.5, 0.6) is 23.0 Å². The molecule has 154 valence electrons. The van der Waals surface area contributed by atoms with E-state index in [-0.39, 0.29) is 23.7 Å². The van der Waals surface area contributed by atoms with Gasteiger partial charge in [-0.25, -0.2) is 4.79 Å². The van der Waals surface area contributed by atoms with E-state index in [2.05, 4.69) is 6.92 Å². The van der Waals surface area contributed by atoms with Crippen molar-refractivity contribution in [1.82, 2.24) is 0 Å². The van der Waals surface area contributed by atoms with E-state index in [4.69, 9.17) is 18.9 Å². The second kappa shape index (κ2) is 8.90. The number of hydrogen-bond acceptors (Lipinski definition) is 6. The Bertz CT molecular complexity index is 918. The van der Waals surface area contributed by atoms with Crippen molar-refractivity contribution in [2.75, 3.05) is 20.8 Å².